The van der Waals surface area contributed by atoms with Crippen molar-refractivity contribution in [1.29, 1.82) is 5.26 Å². The van der Waals surface area contributed by atoms with Gasteiger partial charge in [-0.15, -0.1) is 0 Å². The van der Waals surface area contributed by atoms with Crippen LogP contribution in [-0.2, 0) is 0 Å². The van der Waals surface area contributed by atoms with Crippen LogP contribution >= 0.6 is 0 Å². The van der Waals surface area contributed by atoms with Crippen molar-refractivity contribution in [1.82, 2.24) is 0 Å². The highest BCUT2D eigenvalue weighted by molar-refractivity contribution is 5.36. The van der Waals surface area contributed by atoms with Crippen LogP contribution in [0.3, 0.4) is 0 Å². The lowest BCUT2D eigenvalue weighted by atomic mass is 9.80. The van der Waals surface area contributed by atoms with E-state index in [-0.39, 0.29) is 5.56 Å². The number of nitriles is 1. The molecule has 0 radical (unpaired) electrons. The SMILES string of the molecule is CCC[C@H]1CC[C@H](COc2ccc(C#N)c(F)c2)CC1. The summed E-state index contributed by atoms with van der Waals surface area (Å²) in [6.45, 7) is 2.90. The zero-order valence-electron chi connectivity index (χ0n) is 12.1. The van der Waals surface area contributed by atoms with E-state index in [2.05, 4.69) is 6.92 Å². The van der Waals surface area contributed by atoms with E-state index >= 15 is 0 Å². The minimum atomic E-state index is -0.503. The summed E-state index contributed by atoms with van der Waals surface area (Å²) in [4.78, 5) is 0. The molecule has 0 unspecified atom stereocenters. The van der Waals surface area contributed by atoms with Crippen LogP contribution < -0.4 is 4.74 Å². The molecule has 0 spiro atoms. The van der Waals surface area contributed by atoms with Gasteiger partial charge in [-0.1, -0.05) is 32.6 Å². The molecule has 2 nitrogen and oxygen atoms in total. The van der Waals surface area contributed by atoms with Crippen molar-refractivity contribution >= 4 is 0 Å². The number of hydrogen-bond donors (Lipinski definition) is 0. The van der Waals surface area contributed by atoms with Crippen LogP contribution in [0.25, 0.3) is 0 Å². The third kappa shape index (κ3) is 3.96. The Labute approximate surface area is 120 Å². The maximum absolute atomic E-state index is 13.4. The van der Waals surface area contributed by atoms with E-state index in [4.69, 9.17) is 10.00 Å². The van der Waals surface area contributed by atoms with Gasteiger partial charge in [-0.3, -0.25) is 0 Å². The van der Waals surface area contributed by atoms with Crippen molar-refractivity contribution in [3.8, 4) is 11.8 Å². The predicted octanol–water partition coefficient (Wildman–Crippen LogP) is 4.68. The largest absolute Gasteiger partial charge is 0.493 e. The van der Waals surface area contributed by atoms with Gasteiger partial charge in [0.15, 0.2) is 0 Å². The first kappa shape index (κ1) is 14.8. The zero-order chi connectivity index (χ0) is 14.4. The minimum Gasteiger partial charge on any atom is -0.493 e. The van der Waals surface area contributed by atoms with Gasteiger partial charge in [-0.2, -0.15) is 5.26 Å². The summed E-state index contributed by atoms with van der Waals surface area (Å²) in [5.41, 5.74) is 0.0671. The Balaban J connectivity index is 1.79. The van der Waals surface area contributed by atoms with Gasteiger partial charge in [0.2, 0.25) is 0 Å². The Morgan fingerprint density at radius 1 is 1.25 bits per heavy atom. The maximum Gasteiger partial charge on any atom is 0.144 e. The normalized spacial score (nSPS) is 22.2. The van der Waals surface area contributed by atoms with Crippen LogP contribution in [0.4, 0.5) is 4.39 Å². The molecule has 0 amide bonds. The first-order valence-electron chi connectivity index (χ1n) is 7.55. The summed E-state index contributed by atoms with van der Waals surface area (Å²) >= 11 is 0. The number of halogens is 1. The molecular formula is C17H22FNO. The summed E-state index contributed by atoms with van der Waals surface area (Å²) in [6.07, 6.45) is 7.63. The second kappa shape index (κ2) is 7.28. The molecule has 20 heavy (non-hydrogen) atoms. The Morgan fingerprint density at radius 3 is 2.55 bits per heavy atom. The molecule has 1 saturated carbocycles. The Kier molecular flexibility index (Phi) is 5.40. The molecule has 0 bridgehead atoms. The van der Waals surface area contributed by atoms with Crippen LogP contribution in [0.2, 0.25) is 0 Å². The topological polar surface area (TPSA) is 33.0 Å². The number of hydrogen-bond acceptors (Lipinski definition) is 2. The maximum atomic E-state index is 13.4. The van der Waals surface area contributed by atoms with E-state index in [1.165, 1.54) is 50.7 Å². The van der Waals surface area contributed by atoms with Crippen LogP contribution in [0.5, 0.6) is 5.75 Å². The van der Waals surface area contributed by atoms with Crippen LogP contribution in [0.1, 0.15) is 51.0 Å². The molecule has 0 heterocycles. The summed E-state index contributed by atoms with van der Waals surface area (Å²) in [5, 5.41) is 8.68. The average Bonchev–Trinajstić information content (AvgIpc) is 2.47. The lowest BCUT2D eigenvalue weighted by Crippen LogP contribution is -2.20. The highest BCUT2D eigenvalue weighted by Gasteiger charge is 2.21. The molecule has 1 aromatic rings. The first-order valence-corrected chi connectivity index (χ1v) is 7.55. The van der Waals surface area contributed by atoms with Crippen molar-refractivity contribution < 1.29 is 9.13 Å². The van der Waals surface area contributed by atoms with E-state index in [1.807, 2.05) is 6.07 Å². The summed E-state index contributed by atoms with van der Waals surface area (Å²) in [5.74, 6) is 1.50. The van der Waals surface area contributed by atoms with E-state index < -0.39 is 5.82 Å². The summed E-state index contributed by atoms with van der Waals surface area (Å²) < 4.78 is 19.1. The molecule has 1 aliphatic rings. The molecule has 0 saturated heterocycles. The summed E-state index contributed by atoms with van der Waals surface area (Å²) in [7, 11) is 0. The zero-order valence-corrected chi connectivity index (χ0v) is 12.1. The standard InChI is InChI=1S/C17H22FNO/c1-2-3-13-4-6-14(7-5-13)12-20-16-9-8-15(11-19)17(18)10-16/h8-10,13-14H,2-7,12H2,1H3/t13-,14-. The third-order valence-corrected chi connectivity index (χ3v) is 4.21. The fourth-order valence-electron chi connectivity index (χ4n) is 2.99. The van der Waals surface area contributed by atoms with Gasteiger partial charge in [-0.05, 0) is 36.8 Å². The second-order valence-corrected chi connectivity index (χ2v) is 5.74. The van der Waals surface area contributed by atoms with Gasteiger partial charge < -0.3 is 4.74 Å². The molecule has 0 atom stereocenters. The quantitative estimate of drug-likeness (QED) is 0.781. The number of ether oxygens (including phenoxy) is 1. The van der Waals surface area contributed by atoms with Gasteiger partial charge in [0.05, 0.1) is 12.2 Å². The molecule has 1 aliphatic carbocycles. The summed E-state index contributed by atoms with van der Waals surface area (Å²) in [6, 6.07) is 6.27. The van der Waals surface area contributed by atoms with Crippen molar-refractivity contribution in [3.05, 3.63) is 29.6 Å². The van der Waals surface area contributed by atoms with Gasteiger partial charge in [0.1, 0.15) is 17.6 Å². The lowest BCUT2D eigenvalue weighted by molar-refractivity contribution is 0.178. The molecule has 1 fully saturated rings. The predicted molar refractivity (Wildman–Crippen MR) is 77.0 cm³/mol. The van der Waals surface area contributed by atoms with Gasteiger partial charge >= 0.3 is 0 Å². The Hall–Kier alpha value is -1.56. The molecule has 1 aromatic carbocycles. The molecule has 2 rings (SSSR count). The smallest absolute Gasteiger partial charge is 0.144 e. The Bertz CT molecular complexity index is 472. The van der Waals surface area contributed by atoms with Gasteiger partial charge in [0.25, 0.3) is 0 Å². The average molecular weight is 275 g/mol. The monoisotopic (exact) mass is 275 g/mol. The first-order chi connectivity index (χ1) is 9.72. The van der Waals surface area contributed by atoms with E-state index in [0.29, 0.717) is 18.3 Å². The number of benzene rings is 1. The van der Waals surface area contributed by atoms with E-state index in [0.717, 1.165) is 5.92 Å². The van der Waals surface area contributed by atoms with Gasteiger partial charge in [0, 0.05) is 6.07 Å². The molecule has 3 heteroatoms. The molecule has 0 aromatic heterocycles. The van der Waals surface area contributed by atoms with Crippen LogP contribution in [0.15, 0.2) is 18.2 Å². The molecule has 108 valence electrons. The van der Waals surface area contributed by atoms with Crippen molar-refractivity contribution in [3.63, 3.8) is 0 Å². The number of rotatable bonds is 5. The molecular weight excluding hydrogens is 253 g/mol. The van der Waals surface area contributed by atoms with Crippen molar-refractivity contribution in [2.75, 3.05) is 6.61 Å². The van der Waals surface area contributed by atoms with Crippen molar-refractivity contribution in [2.24, 2.45) is 11.8 Å². The lowest BCUT2D eigenvalue weighted by Gasteiger charge is -2.28. The third-order valence-electron chi connectivity index (χ3n) is 4.21. The van der Waals surface area contributed by atoms with Gasteiger partial charge in [-0.25, -0.2) is 4.39 Å². The van der Waals surface area contributed by atoms with E-state index in [9.17, 15) is 4.39 Å². The number of nitrogens with zero attached hydrogens (tertiary/aromatic N) is 1. The van der Waals surface area contributed by atoms with Crippen molar-refractivity contribution in [2.45, 2.75) is 45.4 Å². The molecule has 0 aliphatic heterocycles. The Morgan fingerprint density at radius 2 is 1.95 bits per heavy atom. The molecule has 0 N–H and O–H groups in total. The fourth-order valence-corrected chi connectivity index (χ4v) is 2.99. The van der Waals surface area contributed by atoms with Crippen LogP contribution in [0, 0.1) is 29.0 Å². The highest BCUT2D eigenvalue weighted by Crippen LogP contribution is 2.32. The fraction of sp³-hybridized carbons (Fsp3) is 0.588. The highest BCUT2D eigenvalue weighted by atomic mass is 19.1. The van der Waals surface area contributed by atoms with Crippen LogP contribution in [-0.4, -0.2) is 6.61 Å². The van der Waals surface area contributed by atoms with E-state index in [1.54, 1.807) is 6.07 Å². The second-order valence-electron chi connectivity index (χ2n) is 5.74. The minimum absolute atomic E-state index is 0.0671.